The van der Waals surface area contributed by atoms with Crippen molar-refractivity contribution in [1.29, 1.82) is 0 Å². The molecule has 4 rings (SSSR count). The molecule has 0 radical (unpaired) electrons. The molecule has 2 amide bonds. The molecular formula is C27H32N4O8. The highest BCUT2D eigenvalue weighted by molar-refractivity contribution is 6.11. The smallest absolute Gasteiger partial charge is 0.423 e. The van der Waals surface area contributed by atoms with Crippen molar-refractivity contribution in [3.05, 3.63) is 54.9 Å². The summed E-state index contributed by atoms with van der Waals surface area (Å²) in [6.07, 6.45) is -2.73. The molecule has 2 heterocycles. The molecule has 0 aliphatic carbocycles. The Morgan fingerprint density at radius 1 is 1.03 bits per heavy atom. The Hall–Kier alpha value is -3.84. The number of carbonyl (C=O) groups is 2. The lowest BCUT2D eigenvalue weighted by Crippen LogP contribution is -2.60. The summed E-state index contributed by atoms with van der Waals surface area (Å²) in [4.78, 5) is 31.0. The number of hydrogen-bond acceptors (Lipinski definition) is 10. The quantitative estimate of drug-likeness (QED) is 0.453. The van der Waals surface area contributed by atoms with E-state index >= 15 is 0 Å². The van der Waals surface area contributed by atoms with Crippen LogP contribution in [-0.2, 0) is 28.5 Å². The Labute approximate surface area is 226 Å². The van der Waals surface area contributed by atoms with Gasteiger partial charge in [-0.2, -0.15) is 0 Å². The van der Waals surface area contributed by atoms with Crippen LogP contribution in [0.5, 0.6) is 5.75 Å². The summed E-state index contributed by atoms with van der Waals surface area (Å²) < 4.78 is 30.0. The van der Waals surface area contributed by atoms with Crippen LogP contribution in [0.3, 0.4) is 0 Å². The molecule has 2 aromatic carbocycles. The largest absolute Gasteiger partial charge is 0.508 e. The van der Waals surface area contributed by atoms with E-state index in [-0.39, 0.29) is 5.75 Å². The first-order chi connectivity index (χ1) is 18.8. The van der Waals surface area contributed by atoms with Crippen LogP contribution in [0, 0.1) is 0 Å². The Morgan fingerprint density at radius 3 is 2.28 bits per heavy atom. The van der Waals surface area contributed by atoms with Gasteiger partial charge in [-0.25, -0.2) is 19.4 Å². The number of rotatable bonds is 8. The molecule has 12 heteroatoms. The number of nitrogens with zero attached hydrogens (tertiary/aromatic N) is 4. The van der Waals surface area contributed by atoms with Crippen LogP contribution >= 0.6 is 0 Å². The summed E-state index contributed by atoms with van der Waals surface area (Å²) in [7, 11) is 3.01. The summed E-state index contributed by atoms with van der Waals surface area (Å²) in [6, 6.07) is 13.1. The minimum absolute atomic E-state index is 0.152. The van der Waals surface area contributed by atoms with Crippen LogP contribution in [0.1, 0.15) is 20.8 Å². The maximum absolute atomic E-state index is 13.2. The van der Waals surface area contributed by atoms with E-state index in [1.807, 2.05) is 6.92 Å². The molecule has 1 saturated heterocycles. The zero-order chi connectivity index (χ0) is 28.1. The number of carbonyl (C=O) groups excluding carboxylic acids is 2. The van der Waals surface area contributed by atoms with Crippen molar-refractivity contribution in [2.24, 2.45) is 0 Å². The van der Waals surface area contributed by atoms with E-state index in [1.165, 1.54) is 14.0 Å². The van der Waals surface area contributed by atoms with Crippen molar-refractivity contribution in [3.63, 3.8) is 0 Å². The van der Waals surface area contributed by atoms with Gasteiger partial charge in [0.05, 0.1) is 17.5 Å². The lowest BCUT2D eigenvalue weighted by atomic mass is 9.99. The molecule has 0 spiro atoms. The number of imide groups is 1. The van der Waals surface area contributed by atoms with Crippen molar-refractivity contribution in [2.45, 2.75) is 51.5 Å². The molecule has 3 aromatic rings. The summed E-state index contributed by atoms with van der Waals surface area (Å²) in [5, 5.41) is 14.0. The van der Waals surface area contributed by atoms with Crippen molar-refractivity contribution in [2.75, 3.05) is 25.7 Å². The molecule has 1 aliphatic rings. The van der Waals surface area contributed by atoms with Crippen LogP contribution in [0.25, 0.3) is 17.1 Å². The van der Waals surface area contributed by atoms with Gasteiger partial charge in [-0.3, -0.25) is 4.79 Å². The maximum atomic E-state index is 13.2. The standard InChI is InChI=1S/C27H32N4O8/c1-6-37-23-22(35-4)16(2)38-26(24(23)36-5)39-27(34)31(17(3)32)20-9-7-18(8-10-20)25-28-15-30(29-25)19-11-13-21(33)14-12-19/h7-16,22-24,26,33H,6H2,1-5H3/t16-,22-,23+,24+,26-/m0/s1. The van der Waals surface area contributed by atoms with E-state index in [4.69, 9.17) is 23.7 Å². The molecule has 1 fully saturated rings. The van der Waals surface area contributed by atoms with Gasteiger partial charge in [-0.15, -0.1) is 5.10 Å². The Morgan fingerprint density at radius 2 is 1.69 bits per heavy atom. The third kappa shape index (κ3) is 6.09. The fourth-order valence-corrected chi connectivity index (χ4v) is 4.48. The molecule has 5 atom stereocenters. The van der Waals surface area contributed by atoms with E-state index < -0.39 is 42.7 Å². The summed E-state index contributed by atoms with van der Waals surface area (Å²) in [5.41, 5.74) is 1.69. The number of aromatic nitrogens is 3. The van der Waals surface area contributed by atoms with Gasteiger partial charge in [0.2, 0.25) is 12.2 Å². The van der Waals surface area contributed by atoms with E-state index in [1.54, 1.807) is 73.6 Å². The second kappa shape index (κ2) is 12.3. The predicted molar refractivity (Wildman–Crippen MR) is 139 cm³/mol. The van der Waals surface area contributed by atoms with Crippen molar-refractivity contribution in [3.8, 4) is 22.8 Å². The maximum Gasteiger partial charge on any atom is 0.423 e. The number of benzene rings is 2. The topological polar surface area (TPSA) is 134 Å². The summed E-state index contributed by atoms with van der Waals surface area (Å²) in [6.45, 7) is 5.28. The summed E-state index contributed by atoms with van der Waals surface area (Å²) in [5.74, 6) is 0.0454. The second-order valence-electron chi connectivity index (χ2n) is 8.84. The Kier molecular flexibility index (Phi) is 8.92. The first-order valence-corrected chi connectivity index (χ1v) is 12.4. The normalized spacial score (nSPS) is 22.8. The molecule has 0 bridgehead atoms. The van der Waals surface area contributed by atoms with E-state index in [0.717, 1.165) is 10.6 Å². The lowest BCUT2D eigenvalue weighted by Gasteiger charge is -2.43. The Bertz CT molecular complexity index is 1260. The van der Waals surface area contributed by atoms with Gasteiger partial charge >= 0.3 is 6.09 Å². The third-order valence-corrected chi connectivity index (χ3v) is 6.33. The molecule has 12 nitrogen and oxygen atoms in total. The fourth-order valence-electron chi connectivity index (χ4n) is 4.48. The molecule has 39 heavy (non-hydrogen) atoms. The monoisotopic (exact) mass is 540 g/mol. The van der Waals surface area contributed by atoms with Gasteiger partial charge in [0.15, 0.2) is 5.82 Å². The van der Waals surface area contributed by atoms with Gasteiger partial charge in [0.25, 0.3) is 0 Å². The average Bonchev–Trinajstić information content (AvgIpc) is 3.40. The molecule has 208 valence electrons. The number of hydrogen-bond donors (Lipinski definition) is 1. The highest BCUT2D eigenvalue weighted by Gasteiger charge is 2.48. The van der Waals surface area contributed by atoms with Gasteiger partial charge in [0.1, 0.15) is 30.4 Å². The average molecular weight is 541 g/mol. The molecule has 1 N–H and O–H groups in total. The Balaban J connectivity index is 1.51. The minimum Gasteiger partial charge on any atom is -0.508 e. The molecular weight excluding hydrogens is 508 g/mol. The van der Waals surface area contributed by atoms with Crippen molar-refractivity contribution in [1.82, 2.24) is 14.8 Å². The van der Waals surface area contributed by atoms with Gasteiger partial charge < -0.3 is 28.8 Å². The number of methoxy groups -OCH3 is 2. The summed E-state index contributed by atoms with van der Waals surface area (Å²) >= 11 is 0. The molecule has 0 unspecified atom stereocenters. The first-order valence-electron chi connectivity index (χ1n) is 12.4. The van der Waals surface area contributed by atoms with Crippen LogP contribution in [0.4, 0.5) is 10.5 Å². The number of phenolic OH excluding ortho intramolecular Hbond substituents is 1. The molecule has 0 saturated carbocycles. The number of aromatic hydroxyl groups is 1. The minimum atomic E-state index is -1.13. The third-order valence-electron chi connectivity index (χ3n) is 6.33. The zero-order valence-corrected chi connectivity index (χ0v) is 22.4. The molecule has 1 aliphatic heterocycles. The number of amides is 2. The first kappa shape index (κ1) is 28.2. The van der Waals surface area contributed by atoms with E-state index in [9.17, 15) is 14.7 Å². The second-order valence-corrected chi connectivity index (χ2v) is 8.84. The van der Waals surface area contributed by atoms with Crippen molar-refractivity contribution < 1.29 is 38.4 Å². The van der Waals surface area contributed by atoms with Gasteiger partial charge in [-0.05, 0) is 62.4 Å². The van der Waals surface area contributed by atoms with E-state index in [2.05, 4.69) is 10.1 Å². The number of phenols is 1. The SMILES string of the molecule is CCO[C@@H]1[C@@H](OC)[C@H](C)O[C@@H](OC(=O)N(C(C)=O)c2ccc(-c3ncn(-c4ccc(O)cc4)n3)cc2)[C@@H]1OC. The van der Waals surface area contributed by atoms with Gasteiger partial charge in [-0.1, -0.05) is 0 Å². The van der Waals surface area contributed by atoms with Crippen LogP contribution in [0.2, 0.25) is 0 Å². The highest BCUT2D eigenvalue weighted by atomic mass is 16.7. The fraction of sp³-hybridized carbons (Fsp3) is 0.407. The van der Waals surface area contributed by atoms with E-state index in [0.29, 0.717) is 23.7 Å². The van der Waals surface area contributed by atoms with Crippen LogP contribution < -0.4 is 4.90 Å². The van der Waals surface area contributed by atoms with Crippen LogP contribution in [0.15, 0.2) is 54.9 Å². The predicted octanol–water partition coefficient (Wildman–Crippen LogP) is 3.31. The number of anilines is 1. The molecule has 1 aromatic heterocycles. The van der Waals surface area contributed by atoms with Gasteiger partial charge in [0, 0.05) is 33.3 Å². The van der Waals surface area contributed by atoms with Crippen molar-refractivity contribution >= 4 is 17.7 Å². The highest BCUT2D eigenvalue weighted by Crippen LogP contribution is 2.29. The number of ether oxygens (including phenoxy) is 5. The van der Waals surface area contributed by atoms with Crippen LogP contribution in [-0.4, -0.2) is 83.4 Å². The zero-order valence-electron chi connectivity index (χ0n) is 22.4. The lowest BCUT2D eigenvalue weighted by molar-refractivity contribution is -0.292.